The number of hydrogen-bond donors (Lipinski definition) is 0. The summed E-state index contributed by atoms with van der Waals surface area (Å²) in [7, 11) is 0. The summed E-state index contributed by atoms with van der Waals surface area (Å²) in [6, 6.07) is 0. The molecule has 0 N–H and O–H groups in total. The van der Waals surface area contributed by atoms with Crippen LogP contribution in [0.15, 0.2) is 5.11 Å². The van der Waals surface area contributed by atoms with Crippen molar-refractivity contribution < 1.29 is 33.2 Å². The maximum absolute atomic E-state index is 8.07. The molecule has 0 aliphatic carbocycles. The second kappa shape index (κ2) is 24.6. The van der Waals surface area contributed by atoms with Crippen molar-refractivity contribution in [2.45, 2.75) is 0 Å². The van der Waals surface area contributed by atoms with Crippen LogP contribution < -0.4 is 0 Å². The van der Waals surface area contributed by atoms with Crippen molar-refractivity contribution >= 4 is 0 Å². The zero-order valence-corrected chi connectivity index (χ0v) is 15.9. The summed E-state index contributed by atoms with van der Waals surface area (Å²) in [6.45, 7) is 7.06. The Kier molecular flexibility index (Phi) is 23.3. The van der Waals surface area contributed by atoms with E-state index in [1.807, 2.05) is 0 Å². The molecule has 0 radical (unpaired) electrons. The van der Waals surface area contributed by atoms with Crippen LogP contribution in [0.25, 0.3) is 10.4 Å². The van der Waals surface area contributed by atoms with Crippen molar-refractivity contribution in [3.8, 4) is 12.3 Å². The highest BCUT2D eigenvalue weighted by Gasteiger charge is 1.94. The average molecular weight is 389 g/mol. The van der Waals surface area contributed by atoms with Crippen LogP contribution >= 0.6 is 0 Å². The van der Waals surface area contributed by atoms with E-state index in [9.17, 15) is 0 Å². The highest BCUT2D eigenvalue weighted by atomic mass is 16.6. The first-order chi connectivity index (χ1) is 13.4. The van der Waals surface area contributed by atoms with Gasteiger partial charge in [0, 0.05) is 11.5 Å². The fraction of sp³-hybridized carbons (Fsp3) is 0.882. The second-order valence-electron chi connectivity index (χ2n) is 4.89. The van der Waals surface area contributed by atoms with Crippen molar-refractivity contribution in [1.29, 1.82) is 0 Å². The van der Waals surface area contributed by atoms with Gasteiger partial charge in [-0.05, 0) is 5.53 Å². The minimum absolute atomic E-state index is 0.310. The Morgan fingerprint density at radius 3 is 1.26 bits per heavy atom. The van der Waals surface area contributed by atoms with Gasteiger partial charge in [0.1, 0.15) is 6.61 Å². The van der Waals surface area contributed by atoms with Crippen LogP contribution in [0.4, 0.5) is 0 Å². The molecule has 10 heteroatoms. The number of hydrogen-bond acceptors (Lipinski definition) is 8. The predicted molar refractivity (Wildman–Crippen MR) is 98.6 cm³/mol. The summed E-state index contributed by atoms with van der Waals surface area (Å²) in [5.41, 5.74) is 8.07. The van der Waals surface area contributed by atoms with Gasteiger partial charge in [-0.1, -0.05) is 11.0 Å². The highest BCUT2D eigenvalue weighted by molar-refractivity contribution is 4.82. The van der Waals surface area contributed by atoms with Gasteiger partial charge < -0.3 is 33.2 Å². The summed E-state index contributed by atoms with van der Waals surface area (Å²) < 4.78 is 37.0. The second-order valence-corrected chi connectivity index (χ2v) is 4.89. The molecule has 0 aliphatic heterocycles. The Labute approximate surface area is 161 Å². The van der Waals surface area contributed by atoms with E-state index in [1.54, 1.807) is 0 Å². The average Bonchev–Trinajstić information content (AvgIpc) is 2.68. The molecule has 156 valence electrons. The van der Waals surface area contributed by atoms with Crippen molar-refractivity contribution in [2.75, 3.05) is 99.0 Å². The van der Waals surface area contributed by atoms with Gasteiger partial charge in [0.25, 0.3) is 0 Å². The third kappa shape index (κ3) is 24.6. The van der Waals surface area contributed by atoms with Crippen LogP contribution in [0.3, 0.4) is 0 Å². The van der Waals surface area contributed by atoms with Crippen LogP contribution in [0.2, 0.25) is 0 Å². The van der Waals surface area contributed by atoms with Gasteiger partial charge in [-0.3, -0.25) is 0 Å². The fourth-order valence-electron chi connectivity index (χ4n) is 1.60. The molecule has 0 spiro atoms. The van der Waals surface area contributed by atoms with Crippen LogP contribution in [0.1, 0.15) is 0 Å². The van der Waals surface area contributed by atoms with Gasteiger partial charge in [-0.2, -0.15) is 0 Å². The molecule has 10 nitrogen and oxygen atoms in total. The molecule has 0 saturated heterocycles. The first-order valence-electron chi connectivity index (χ1n) is 8.90. The van der Waals surface area contributed by atoms with E-state index in [0.29, 0.717) is 99.0 Å². The number of nitrogens with zero attached hydrogens (tertiary/aromatic N) is 3. The highest BCUT2D eigenvalue weighted by Crippen LogP contribution is 1.85. The summed E-state index contributed by atoms with van der Waals surface area (Å²) in [6.07, 6.45) is 5.05. The minimum atomic E-state index is 0.310. The van der Waals surface area contributed by atoms with Crippen LogP contribution in [0, 0.1) is 12.3 Å². The van der Waals surface area contributed by atoms with Gasteiger partial charge in [-0.25, -0.2) is 0 Å². The molecule has 0 amide bonds. The lowest BCUT2D eigenvalue weighted by atomic mass is 10.6. The fourth-order valence-corrected chi connectivity index (χ4v) is 1.60. The van der Waals surface area contributed by atoms with Gasteiger partial charge in [0.15, 0.2) is 0 Å². The smallest absolute Gasteiger partial charge is 0.107 e. The lowest BCUT2D eigenvalue weighted by Crippen LogP contribution is -2.14. The maximum Gasteiger partial charge on any atom is 0.107 e. The molecule has 0 bridgehead atoms. The van der Waals surface area contributed by atoms with Crippen LogP contribution in [-0.2, 0) is 33.2 Å². The Hall–Kier alpha value is -1.41. The van der Waals surface area contributed by atoms with Gasteiger partial charge >= 0.3 is 0 Å². The number of rotatable bonds is 22. The van der Waals surface area contributed by atoms with E-state index in [1.165, 1.54) is 0 Å². The Morgan fingerprint density at radius 1 is 0.593 bits per heavy atom. The maximum atomic E-state index is 8.07. The molecule has 0 unspecified atom stereocenters. The van der Waals surface area contributed by atoms with Gasteiger partial charge in [0.05, 0.1) is 85.9 Å². The number of azide groups is 1. The minimum Gasteiger partial charge on any atom is -0.379 e. The van der Waals surface area contributed by atoms with E-state index in [-0.39, 0.29) is 0 Å². The summed E-state index contributed by atoms with van der Waals surface area (Å²) in [5, 5.41) is 3.35. The summed E-state index contributed by atoms with van der Waals surface area (Å²) in [5.74, 6) is 2.38. The predicted octanol–water partition coefficient (Wildman–Crippen LogP) is 1.05. The van der Waals surface area contributed by atoms with Gasteiger partial charge in [-0.15, -0.1) is 6.42 Å². The molecule has 27 heavy (non-hydrogen) atoms. The van der Waals surface area contributed by atoms with E-state index in [2.05, 4.69) is 15.9 Å². The third-order valence-corrected chi connectivity index (χ3v) is 2.82. The first kappa shape index (κ1) is 25.6. The quantitative estimate of drug-likeness (QED) is 0.0894. The SMILES string of the molecule is C#CCOCCOCCOCCOCCOCCOCCOCCN=[N+]=[N-]. The molecule has 0 heterocycles. The Balaban J connectivity index is 2.99. The number of ether oxygens (including phenoxy) is 7. The van der Waals surface area contributed by atoms with Gasteiger partial charge in [0.2, 0.25) is 0 Å². The molecule has 0 aliphatic rings. The molecule has 0 saturated carbocycles. The standard InChI is InChI=1S/C17H31N3O7/c1-2-4-21-6-8-23-10-12-25-14-16-27-17-15-26-13-11-24-9-7-22-5-3-19-20-18/h1H,3-17H2. The van der Waals surface area contributed by atoms with Crippen LogP contribution in [0.5, 0.6) is 0 Å². The van der Waals surface area contributed by atoms with E-state index in [4.69, 9.17) is 45.1 Å². The van der Waals surface area contributed by atoms with Crippen LogP contribution in [-0.4, -0.2) is 99.0 Å². The molecule has 0 atom stereocenters. The summed E-state index contributed by atoms with van der Waals surface area (Å²) >= 11 is 0. The lowest BCUT2D eigenvalue weighted by molar-refractivity contribution is -0.0194. The topological polar surface area (TPSA) is 113 Å². The number of terminal acetylenes is 1. The molecule has 0 rings (SSSR count). The van der Waals surface area contributed by atoms with Crippen molar-refractivity contribution in [2.24, 2.45) is 5.11 Å². The molecule has 0 fully saturated rings. The van der Waals surface area contributed by atoms with E-state index >= 15 is 0 Å². The first-order valence-corrected chi connectivity index (χ1v) is 8.90. The largest absolute Gasteiger partial charge is 0.379 e. The van der Waals surface area contributed by atoms with Crippen molar-refractivity contribution in [1.82, 2.24) is 0 Å². The molecular formula is C17H31N3O7. The molecule has 0 aromatic rings. The molecular weight excluding hydrogens is 358 g/mol. The van der Waals surface area contributed by atoms with Crippen molar-refractivity contribution in [3.63, 3.8) is 0 Å². The van der Waals surface area contributed by atoms with Crippen molar-refractivity contribution in [3.05, 3.63) is 10.4 Å². The Morgan fingerprint density at radius 2 is 0.926 bits per heavy atom. The molecule has 0 aromatic heterocycles. The zero-order valence-electron chi connectivity index (χ0n) is 15.9. The third-order valence-electron chi connectivity index (χ3n) is 2.82. The van der Waals surface area contributed by atoms with E-state index in [0.717, 1.165) is 0 Å². The van der Waals surface area contributed by atoms with E-state index < -0.39 is 0 Å². The monoisotopic (exact) mass is 389 g/mol. The molecule has 0 aromatic carbocycles. The normalized spacial score (nSPS) is 10.5. The summed E-state index contributed by atoms with van der Waals surface area (Å²) in [4.78, 5) is 2.63. The lowest BCUT2D eigenvalue weighted by Gasteiger charge is -2.08. The Bertz CT molecular complexity index is 387. The zero-order chi connectivity index (χ0) is 19.7.